The number of nitrogens with zero attached hydrogens (tertiary/aromatic N) is 4. The number of thiazole rings is 1. The fourth-order valence-electron chi connectivity index (χ4n) is 2.05. The summed E-state index contributed by atoms with van der Waals surface area (Å²) in [6.07, 6.45) is 1.31. The molecule has 2 aromatic rings. The summed E-state index contributed by atoms with van der Waals surface area (Å²) in [5.74, 6) is -0.250. The minimum Gasteiger partial charge on any atom is -0.334 e. The number of hydrogen-bond donors (Lipinski definition) is 0. The van der Waals surface area contributed by atoms with Gasteiger partial charge in [0.2, 0.25) is 0 Å². The van der Waals surface area contributed by atoms with Crippen molar-refractivity contribution in [3.8, 4) is 0 Å². The number of amides is 1. The SMILES string of the molecule is CC(C)N(CCc1nccs1)C(=O)c1ccn(CC(F)F)n1. The van der Waals surface area contributed by atoms with E-state index in [9.17, 15) is 13.6 Å². The Balaban J connectivity index is 2.03. The number of carbonyl (C=O) groups is 1. The van der Waals surface area contributed by atoms with Crippen LogP contribution < -0.4 is 0 Å². The zero-order valence-electron chi connectivity index (χ0n) is 12.4. The van der Waals surface area contributed by atoms with Gasteiger partial charge < -0.3 is 4.90 Å². The molecule has 0 aromatic carbocycles. The molecule has 0 radical (unpaired) electrons. The summed E-state index contributed by atoms with van der Waals surface area (Å²) in [5.41, 5.74) is 0.188. The van der Waals surface area contributed by atoms with Crippen LogP contribution in [0.1, 0.15) is 29.3 Å². The molecule has 0 aliphatic rings. The maximum Gasteiger partial charge on any atom is 0.274 e. The van der Waals surface area contributed by atoms with E-state index in [1.807, 2.05) is 19.2 Å². The van der Waals surface area contributed by atoms with Gasteiger partial charge in [-0.3, -0.25) is 9.48 Å². The second kappa shape index (κ2) is 7.44. The van der Waals surface area contributed by atoms with Gasteiger partial charge in [-0.2, -0.15) is 5.10 Å². The molecular weight excluding hydrogens is 310 g/mol. The molecule has 0 spiro atoms. The Kier molecular flexibility index (Phi) is 5.59. The maximum atomic E-state index is 12.5. The third kappa shape index (κ3) is 4.33. The van der Waals surface area contributed by atoms with Crippen molar-refractivity contribution >= 4 is 17.2 Å². The summed E-state index contributed by atoms with van der Waals surface area (Å²) in [7, 11) is 0. The van der Waals surface area contributed by atoms with Crippen LogP contribution in [0.3, 0.4) is 0 Å². The highest BCUT2D eigenvalue weighted by Gasteiger charge is 2.21. The van der Waals surface area contributed by atoms with Gasteiger partial charge in [0.05, 0.1) is 5.01 Å². The highest BCUT2D eigenvalue weighted by atomic mass is 32.1. The minimum absolute atomic E-state index is 0.00675. The standard InChI is InChI=1S/C14H18F2N4OS/c1-10(2)20(7-4-13-17-5-8-22-13)14(21)11-3-6-19(18-11)9-12(15)16/h3,5-6,8,10,12H,4,7,9H2,1-2H3. The second-order valence-electron chi connectivity index (χ2n) is 5.08. The number of hydrogen-bond acceptors (Lipinski definition) is 4. The molecule has 2 rings (SSSR count). The van der Waals surface area contributed by atoms with Crippen molar-refractivity contribution in [3.05, 3.63) is 34.5 Å². The van der Waals surface area contributed by atoms with E-state index in [-0.39, 0.29) is 17.6 Å². The number of rotatable bonds is 7. The predicted molar refractivity (Wildman–Crippen MR) is 80.2 cm³/mol. The Labute approximate surface area is 131 Å². The molecule has 0 unspecified atom stereocenters. The fraction of sp³-hybridized carbons (Fsp3) is 0.500. The molecule has 0 N–H and O–H groups in total. The van der Waals surface area contributed by atoms with Crippen molar-refractivity contribution in [2.45, 2.75) is 39.3 Å². The zero-order chi connectivity index (χ0) is 16.1. The monoisotopic (exact) mass is 328 g/mol. The summed E-state index contributed by atoms with van der Waals surface area (Å²) in [6, 6.07) is 1.47. The van der Waals surface area contributed by atoms with Gasteiger partial charge in [0.15, 0.2) is 0 Å². The van der Waals surface area contributed by atoms with Crippen molar-refractivity contribution in [2.24, 2.45) is 0 Å². The minimum atomic E-state index is -2.49. The summed E-state index contributed by atoms with van der Waals surface area (Å²) in [5, 5.41) is 6.78. The Morgan fingerprint density at radius 3 is 2.82 bits per heavy atom. The molecule has 0 aliphatic carbocycles. The van der Waals surface area contributed by atoms with E-state index in [4.69, 9.17) is 0 Å². The summed E-state index contributed by atoms with van der Waals surface area (Å²) < 4.78 is 25.8. The van der Waals surface area contributed by atoms with E-state index in [0.717, 1.165) is 9.69 Å². The molecule has 5 nitrogen and oxygen atoms in total. The van der Waals surface area contributed by atoms with Crippen LogP contribution in [-0.2, 0) is 13.0 Å². The number of alkyl halides is 2. The number of aromatic nitrogens is 3. The Morgan fingerprint density at radius 2 is 2.23 bits per heavy atom. The lowest BCUT2D eigenvalue weighted by Gasteiger charge is -2.25. The summed E-state index contributed by atoms with van der Waals surface area (Å²) in [4.78, 5) is 18.4. The molecule has 8 heteroatoms. The van der Waals surface area contributed by atoms with Crippen molar-refractivity contribution in [2.75, 3.05) is 6.54 Å². The highest BCUT2D eigenvalue weighted by Crippen LogP contribution is 2.11. The van der Waals surface area contributed by atoms with E-state index in [2.05, 4.69) is 10.1 Å². The fourth-order valence-corrected chi connectivity index (χ4v) is 2.66. The lowest BCUT2D eigenvalue weighted by molar-refractivity contribution is 0.0698. The molecule has 22 heavy (non-hydrogen) atoms. The largest absolute Gasteiger partial charge is 0.334 e. The van der Waals surface area contributed by atoms with Crippen molar-refractivity contribution < 1.29 is 13.6 Å². The van der Waals surface area contributed by atoms with E-state index in [1.54, 1.807) is 22.4 Å². The quantitative estimate of drug-likeness (QED) is 0.785. The Morgan fingerprint density at radius 1 is 1.45 bits per heavy atom. The molecule has 0 saturated carbocycles. The van der Waals surface area contributed by atoms with Crippen molar-refractivity contribution in [1.29, 1.82) is 0 Å². The van der Waals surface area contributed by atoms with Crippen LogP contribution >= 0.6 is 11.3 Å². The van der Waals surface area contributed by atoms with Crippen LogP contribution in [0.15, 0.2) is 23.8 Å². The average molecular weight is 328 g/mol. The average Bonchev–Trinajstić information content (AvgIpc) is 3.09. The van der Waals surface area contributed by atoms with Gasteiger partial charge in [-0.05, 0) is 19.9 Å². The third-order valence-corrected chi connectivity index (χ3v) is 3.96. The van der Waals surface area contributed by atoms with Crippen LogP contribution in [0, 0.1) is 0 Å². The molecular formula is C14H18F2N4OS. The zero-order valence-corrected chi connectivity index (χ0v) is 13.3. The van der Waals surface area contributed by atoms with Gasteiger partial charge in [-0.15, -0.1) is 11.3 Å². The number of carbonyl (C=O) groups excluding carboxylic acids is 1. The van der Waals surface area contributed by atoms with E-state index < -0.39 is 13.0 Å². The second-order valence-corrected chi connectivity index (χ2v) is 6.06. The Hall–Kier alpha value is -1.83. The van der Waals surface area contributed by atoms with E-state index in [0.29, 0.717) is 13.0 Å². The topological polar surface area (TPSA) is 51.0 Å². The van der Waals surface area contributed by atoms with Gasteiger partial charge in [-0.1, -0.05) is 0 Å². The normalized spacial score (nSPS) is 11.4. The van der Waals surface area contributed by atoms with E-state index >= 15 is 0 Å². The molecule has 2 heterocycles. The van der Waals surface area contributed by atoms with E-state index in [1.165, 1.54) is 12.3 Å². The smallest absolute Gasteiger partial charge is 0.274 e. The molecule has 0 fully saturated rings. The van der Waals surface area contributed by atoms with Crippen molar-refractivity contribution in [1.82, 2.24) is 19.7 Å². The van der Waals surface area contributed by atoms with Crippen LogP contribution in [0.2, 0.25) is 0 Å². The maximum absolute atomic E-state index is 12.5. The first-order valence-electron chi connectivity index (χ1n) is 6.98. The van der Waals surface area contributed by atoms with Crippen LogP contribution in [0.4, 0.5) is 8.78 Å². The molecule has 1 amide bonds. The van der Waals surface area contributed by atoms with Crippen molar-refractivity contribution in [3.63, 3.8) is 0 Å². The highest BCUT2D eigenvalue weighted by molar-refractivity contribution is 7.09. The Bertz CT molecular complexity index is 598. The molecule has 0 aliphatic heterocycles. The summed E-state index contributed by atoms with van der Waals surface area (Å²) >= 11 is 1.54. The predicted octanol–water partition coefficient (Wildman–Crippen LogP) is 2.70. The lowest BCUT2D eigenvalue weighted by atomic mass is 10.2. The van der Waals surface area contributed by atoms with Gasteiger partial charge >= 0.3 is 0 Å². The van der Waals surface area contributed by atoms with Gasteiger partial charge in [-0.25, -0.2) is 13.8 Å². The first-order valence-corrected chi connectivity index (χ1v) is 7.86. The van der Waals surface area contributed by atoms with Crippen LogP contribution in [0.25, 0.3) is 0 Å². The van der Waals surface area contributed by atoms with Gasteiger partial charge in [0.25, 0.3) is 12.3 Å². The molecule has 0 atom stereocenters. The third-order valence-electron chi connectivity index (χ3n) is 3.12. The molecule has 0 saturated heterocycles. The lowest BCUT2D eigenvalue weighted by Crippen LogP contribution is -2.38. The first-order chi connectivity index (χ1) is 10.5. The van der Waals surface area contributed by atoms with Crippen LogP contribution in [0.5, 0.6) is 0 Å². The summed E-state index contributed by atoms with van der Waals surface area (Å²) in [6.45, 7) is 3.84. The molecule has 0 bridgehead atoms. The van der Waals surface area contributed by atoms with Gasteiger partial charge in [0.1, 0.15) is 12.2 Å². The van der Waals surface area contributed by atoms with Gasteiger partial charge in [0, 0.05) is 36.8 Å². The molecule has 120 valence electrons. The number of halogens is 2. The molecule has 2 aromatic heterocycles. The first kappa shape index (κ1) is 16.5. The van der Waals surface area contributed by atoms with Crippen LogP contribution in [-0.4, -0.2) is 44.6 Å².